The molecule has 1 unspecified atom stereocenters. The summed E-state index contributed by atoms with van der Waals surface area (Å²) in [5, 5.41) is 15.5. The second-order valence-electron chi connectivity index (χ2n) is 6.44. The Hall–Kier alpha value is -1.79. The van der Waals surface area contributed by atoms with E-state index in [-0.39, 0.29) is 30.1 Å². The van der Waals surface area contributed by atoms with Crippen LogP contribution in [0, 0.1) is 5.82 Å². The number of nitrogens with one attached hydrogen (secondary N) is 1. The highest BCUT2D eigenvalue weighted by Gasteiger charge is 2.19. The highest BCUT2D eigenvalue weighted by molar-refractivity contribution is 7.09. The highest BCUT2D eigenvalue weighted by Crippen LogP contribution is 2.25. The quantitative estimate of drug-likeness (QED) is 0.882. The molecule has 2 rings (SSSR count). The van der Waals surface area contributed by atoms with Crippen LogP contribution in [0.15, 0.2) is 29.6 Å². The Morgan fingerprint density at radius 3 is 2.57 bits per heavy atom. The second kappa shape index (κ2) is 7.19. The van der Waals surface area contributed by atoms with E-state index in [1.165, 1.54) is 24.3 Å². The molecule has 1 heterocycles. The number of halogens is 1. The van der Waals surface area contributed by atoms with Gasteiger partial charge in [-0.3, -0.25) is 4.79 Å². The molecule has 2 N–H and O–H groups in total. The highest BCUT2D eigenvalue weighted by atomic mass is 32.1. The summed E-state index contributed by atoms with van der Waals surface area (Å²) >= 11 is 1.55. The van der Waals surface area contributed by atoms with E-state index in [1.54, 1.807) is 11.3 Å². The van der Waals surface area contributed by atoms with Crippen LogP contribution in [0.3, 0.4) is 0 Å². The first kappa shape index (κ1) is 17.6. The van der Waals surface area contributed by atoms with E-state index in [2.05, 4.69) is 31.1 Å². The summed E-state index contributed by atoms with van der Waals surface area (Å²) in [6.07, 6.45) is -0.678. The van der Waals surface area contributed by atoms with Crippen molar-refractivity contribution in [3.8, 4) is 0 Å². The molecule has 23 heavy (non-hydrogen) atoms. The number of aliphatic hydroxyl groups is 1. The first-order valence-corrected chi connectivity index (χ1v) is 8.29. The van der Waals surface area contributed by atoms with E-state index in [0.717, 1.165) is 10.7 Å². The monoisotopic (exact) mass is 336 g/mol. The summed E-state index contributed by atoms with van der Waals surface area (Å²) in [5.74, 6) is -0.555. The number of hydrogen-bond acceptors (Lipinski definition) is 4. The molecule has 0 saturated heterocycles. The molecule has 1 amide bonds. The fraction of sp³-hybridized carbons (Fsp3) is 0.412. The summed E-state index contributed by atoms with van der Waals surface area (Å²) in [6, 6.07) is 5.57. The molecule has 6 heteroatoms. The fourth-order valence-corrected chi connectivity index (χ4v) is 2.88. The Kier molecular flexibility index (Phi) is 5.49. The number of carbonyl (C=O) groups excluding carboxylic acids is 1. The standard InChI is InChI=1S/C17H21FN2O2S/c1-17(2,3)16-20-13(10-23-16)8-15(22)19-9-14(21)11-4-6-12(18)7-5-11/h4-7,10,14,21H,8-9H2,1-3H3,(H,19,22). The van der Waals surface area contributed by atoms with Crippen LogP contribution in [-0.2, 0) is 16.6 Å². The SMILES string of the molecule is CC(C)(C)c1nc(CC(=O)NCC(O)c2ccc(F)cc2)cs1. The largest absolute Gasteiger partial charge is 0.387 e. The van der Waals surface area contributed by atoms with Crippen LogP contribution >= 0.6 is 11.3 Å². The van der Waals surface area contributed by atoms with Crippen LogP contribution in [0.5, 0.6) is 0 Å². The molecule has 0 radical (unpaired) electrons. The van der Waals surface area contributed by atoms with Crippen LogP contribution in [-0.4, -0.2) is 22.5 Å². The third-order valence-electron chi connectivity index (χ3n) is 3.28. The molecule has 0 bridgehead atoms. The maximum Gasteiger partial charge on any atom is 0.226 e. The molecule has 4 nitrogen and oxygen atoms in total. The average Bonchev–Trinajstić information content (AvgIpc) is 2.94. The Bertz CT molecular complexity index is 662. The molecule has 124 valence electrons. The molecule has 0 spiro atoms. The van der Waals surface area contributed by atoms with Gasteiger partial charge in [-0.1, -0.05) is 32.9 Å². The lowest BCUT2D eigenvalue weighted by Gasteiger charge is -2.13. The Morgan fingerprint density at radius 1 is 1.35 bits per heavy atom. The second-order valence-corrected chi connectivity index (χ2v) is 7.30. The van der Waals surface area contributed by atoms with Gasteiger partial charge in [0.25, 0.3) is 0 Å². The maximum atomic E-state index is 12.8. The molecular formula is C17H21FN2O2S. The van der Waals surface area contributed by atoms with Gasteiger partial charge >= 0.3 is 0 Å². The summed E-state index contributed by atoms with van der Waals surface area (Å²) in [6.45, 7) is 6.32. The smallest absolute Gasteiger partial charge is 0.226 e. The number of carbonyl (C=O) groups is 1. The number of nitrogens with zero attached hydrogens (tertiary/aromatic N) is 1. The summed E-state index contributed by atoms with van der Waals surface area (Å²) < 4.78 is 12.8. The minimum atomic E-state index is -0.861. The topological polar surface area (TPSA) is 62.2 Å². The molecule has 2 aromatic rings. The molecule has 1 atom stereocenters. The van der Waals surface area contributed by atoms with Gasteiger partial charge in [0, 0.05) is 17.3 Å². The Morgan fingerprint density at radius 2 is 2.00 bits per heavy atom. The first-order chi connectivity index (χ1) is 10.8. The predicted molar refractivity (Wildman–Crippen MR) is 88.9 cm³/mol. The van der Waals surface area contributed by atoms with Crippen LogP contribution in [0.1, 0.15) is 43.1 Å². The van der Waals surface area contributed by atoms with Gasteiger partial charge < -0.3 is 10.4 Å². The Labute approximate surface area is 139 Å². The van der Waals surface area contributed by atoms with Crippen molar-refractivity contribution in [2.75, 3.05) is 6.54 Å². The summed E-state index contributed by atoms with van der Waals surface area (Å²) in [7, 11) is 0. The summed E-state index contributed by atoms with van der Waals surface area (Å²) in [5.41, 5.74) is 1.27. The van der Waals surface area contributed by atoms with E-state index in [4.69, 9.17) is 0 Å². The maximum absolute atomic E-state index is 12.8. The van der Waals surface area contributed by atoms with E-state index < -0.39 is 6.10 Å². The van der Waals surface area contributed by atoms with Gasteiger partial charge in [-0.2, -0.15) is 0 Å². The molecule has 1 aromatic heterocycles. The number of rotatable bonds is 5. The van der Waals surface area contributed by atoms with Crippen LogP contribution in [0.25, 0.3) is 0 Å². The van der Waals surface area contributed by atoms with Crippen molar-refractivity contribution in [3.05, 3.63) is 51.7 Å². The lowest BCUT2D eigenvalue weighted by molar-refractivity contribution is -0.120. The van der Waals surface area contributed by atoms with Crippen molar-refractivity contribution >= 4 is 17.2 Å². The van der Waals surface area contributed by atoms with Gasteiger partial charge in [0.1, 0.15) is 5.82 Å². The number of aliphatic hydroxyl groups excluding tert-OH is 1. The molecule has 0 aliphatic rings. The lowest BCUT2D eigenvalue weighted by Crippen LogP contribution is -2.29. The van der Waals surface area contributed by atoms with Gasteiger partial charge in [0.05, 0.1) is 23.2 Å². The number of thiazole rings is 1. The van der Waals surface area contributed by atoms with Crippen LogP contribution in [0.2, 0.25) is 0 Å². The van der Waals surface area contributed by atoms with Crippen molar-refractivity contribution in [1.82, 2.24) is 10.3 Å². The van der Waals surface area contributed by atoms with Crippen molar-refractivity contribution in [3.63, 3.8) is 0 Å². The summed E-state index contributed by atoms with van der Waals surface area (Å²) in [4.78, 5) is 16.4. The van der Waals surface area contributed by atoms with Crippen LogP contribution < -0.4 is 5.32 Å². The van der Waals surface area contributed by atoms with Crippen molar-refractivity contribution in [1.29, 1.82) is 0 Å². The molecule has 0 saturated carbocycles. The zero-order valence-corrected chi connectivity index (χ0v) is 14.3. The van der Waals surface area contributed by atoms with Crippen molar-refractivity contribution < 1.29 is 14.3 Å². The zero-order valence-electron chi connectivity index (χ0n) is 13.5. The number of hydrogen-bond donors (Lipinski definition) is 2. The fourth-order valence-electron chi connectivity index (χ4n) is 1.97. The first-order valence-electron chi connectivity index (χ1n) is 7.41. The average molecular weight is 336 g/mol. The molecular weight excluding hydrogens is 315 g/mol. The van der Waals surface area contributed by atoms with Gasteiger partial charge in [0.15, 0.2) is 0 Å². The Balaban J connectivity index is 1.85. The predicted octanol–water partition coefficient (Wildman–Crippen LogP) is 2.97. The van der Waals surface area contributed by atoms with Crippen molar-refractivity contribution in [2.45, 2.75) is 38.7 Å². The van der Waals surface area contributed by atoms with Gasteiger partial charge in [-0.05, 0) is 17.7 Å². The van der Waals surface area contributed by atoms with Crippen LogP contribution in [0.4, 0.5) is 4.39 Å². The zero-order chi connectivity index (χ0) is 17.0. The van der Waals surface area contributed by atoms with E-state index in [9.17, 15) is 14.3 Å². The third-order valence-corrected chi connectivity index (χ3v) is 4.60. The number of aromatic nitrogens is 1. The van der Waals surface area contributed by atoms with E-state index in [0.29, 0.717) is 5.56 Å². The minimum absolute atomic E-state index is 0.0296. The van der Waals surface area contributed by atoms with Gasteiger partial charge in [-0.15, -0.1) is 11.3 Å². The normalized spacial score (nSPS) is 12.9. The molecule has 0 fully saturated rings. The molecule has 0 aliphatic heterocycles. The van der Waals surface area contributed by atoms with Crippen molar-refractivity contribution in [2.24, 2.45) is 0 Å². The van der Waals surface area contributed by atoms with E-state index >= 15 is 0 Å². The lowest BCUT2D eigenvalue weighted by atomic mass is 9.98. The van der Waals surface area contributed by atoms with E-state index in [1.807, 2.05) is 5.38 Å². The minimum Gasteiger partial charge on any atom is -0.387 e. The molecule has 0 aliphatic carbocycles. The van der Waals surface area contributed by atoms with Gasteiger partial charge in [-0.25, -0.2) is 9.37 Å². The number of benzene rings is 1. The number of amides is 1. The molecule has 1 aromatic carbocycles. The third kappa shape index (κ3) is 5.11. The van der Waals surface area contributed by atoms with Gasteiger partial charge in [0.2, 0.25) is 5.91 Å².